The van der Waals surface area contributed by atoms with Crippen molar-refractivity contribution in [3.8, 4) is 5.82 Å². The molecule has 6 nitrogen and oxygen atoms in total. The zero-order chi connectivity index (χ0) is 17.9. The van der Waals surface area contributed by atoms with Gasteiger partial charge in [0.1, 0.15) is 5.82 Å². The maximum atomic E-state index is 4.64. The zero-order valence-corrected chi connectivity index (χ0v) is 15.3. The number of benzene rings is 1. The van der Waals surface area contributed by atoms with Crippen LogP contribution < -0.4 is 10.2 Å². The van der Waals surface area contributed by atoms with Crippen molar-refractivity contribution in [2.45, 2.75) is 26.7 Å². The molecule has 1 N–H and O–H groups in total. The molecule has 0 bridgehead atoms. The zero-order valence-electron chi connectivity index (χ0n) is 15.3. The summed E-state index contributed by atoms with van der Waals surface area (Å²) in [6.07, 6.45) is 5.71. The van der Waals surface area contributed by atoms with Crippen molar-refractivity contribution in [2.75, 3.05) is 29.9 Å². The fraction of sp³-hybridized carbons (Fsp3) is 0.350. The summed E-state index contributed by atoms with van der Waals surface area (Å²) < 4.78 is 1.83. The normalized spacial score (nSPS) is 13.1. The molecule has 0 aliphatic carbocycles. The minimum Gasteiger partial charge on any atom is -0.371 e. The van der Waals surface area contributed by atoms with Gasteiger partial charge in [-0.1, -0.05) is 18.2 Å². The van der Waals surface area contributed by atoms with Crippen molar-refractivity contribution in [1.82, 2.24) is 19.7 Å². The van der Waals surface area contributed by atoms with E-state index in [1.54, 1.807) is 12.4 Å². The molecule has 134 valence electrons. The van der Waals surface area contributed by atoms with Gasteiger partial charge in [0.15, 0.2) is 5.82 Å². The van der Waals surface area contributed by atoms with E-state index in [0.29, 0.717) is 0 Å². The third-order valence-electron chi connectivity index (χ3n) is 4.74. The Morgan fingerprint density at radius 1 is 1.15 bits per heavy atom. The van der Waals surface area contributed by atoms with Crippen LogP contribution in [0.15, 0.2) is 42.7 Å². The standard InChI is InChI=1S/C20H24N6/c1-15-12-16(2)26(24-15)20-14-21-13-19(23-20)22-9-5-10-25-11-8-17-6-3-4-7-18(17)25/h3-4,6-7,12-14H,5,8-11H2,1-2H3,(H,22,23). The maximum absolute atomic E-state index is 4.64. The first-order chi connectivity index (χ1) is 12.7. The third-order valence-corrected chi connectivity index (χ3v) is 4.74. The van der Waals surface area contributed by atoms with E-state index in [-0.39, 0.29) is 0 Å². The molecular weight excluding hydrogens is 324 g/mol. The number of anilines is 2. The summed E-state index contributed by atoms with van der Waals surface area (Å²) in [6, 6.07) is 10.7. The van der Waals surface area contributed by atoms with E-state index >= 15 is 0 Å². The Morgan fingerprint density at radius 3 is 2.88 bits per heavy atom. The molecule has 2 aromatic heterocycles. The number of rotatable bonds is 6. The van der Waals surface area contributed by atoms with Gasteiger partial charge in [0.2, 0.25) is 0 Å². The highest BCUT2D eigenvalue weighted by atomic mass is 15.3. The van der Waals surface area contributed by atoms with Gasteiger partial charge < -0.3 is 10.2 Å². The van der Waals surface area contributed by atoms with Crippen LogP contribution in [0.1, 0.15) is 23.4 Å². The highest BCUT2D eigenvalue weighted by Crippen LogP contribution is 2.27. The fourth-order valence-corrected chi connectivity index (χ4v) is 3.53. The molecule has 1 aromatic carbocycles. The van der Waals surface area contributed by atoms with Gasteiger partial charge in [-0.3, -0.25) is 4.98 Å². The van der Waals surface area contributed by atoms with Crippen LogP contribution in [0.5, 0.6) is 0 Å². The quantitative estimate of drug-likeness (QED) is 0.694. The van der Waals surface area contributed by atoms with Crippen LogP contribution in [-0.4, -0.2) is 39.4 Å². The lowest BCUT2D eigenvalue weighted by molar-refractivity contribution is 0.768. The minimum atomic E-state index is 0.745. The predicted octanol–water partition coefficient (Wildman–Crippen LogP) is 3.14. The van der Waals surface area contributed by atoms with Gasteiger partial charge in [-0.2, -0.15) is 5.10 Å². The van der Waals surface area contributed by atoms with Gasteiger partial charge in [-0.15, -0.1) is 0 Å². The minimum absolute atomic E-state index is 0.745. The number of fused-ring (bicyclic) bond motifs is 1. The molecular formula is C20H24N6. The summed E-state index contributed by atoms with van der Waals surface area (Å²) in [4.78, 5) is 11.4. The van der Waals surface area contributed by atoms with Gasteiger partial charge in [0.25, 0.3) is 0 Å². The molecule has 0 amide bonds. The molecule has 0 unspecified atom stereocenters. The number of para-hydroxylation sites is 1. The smallest absolute Gasteiger partial charge is 0.174 e. The van der Waals surface area contributed by atoms with E-state index in [2.05, 4.69) is 49.5 Å². The Hall–Kier alpha value is -2.89. The molecule has 1 aliphatic rings. The average Bonchev–Trinajstić information content (AvgIpc) is 3.22. The first kappa shape index (κ1) is 16.6. The molecule has 3 heterocycles. The molecule has 0 saturated carbocycles. The largest absolute Gasteiger partial charge is 0.371 e. The summed E-state index contributed by atoms with van der Waals surface area (Å²) in [6.45, 7) is 7.04. The van der Waals surface area contributed by atoms with Crippen molar-refractivity contribution < 1.29 is 0 Å². The highest BCUT2D eigenvalue weighted by Gasteiger charge is 2.17. The van der Waals surface area contributed by atoms with Gasteiger partial charge in [0.05, 0.1) is 18.1 Å². The second kappa shape index (κ2) is 7.15. The van der Waals surface area contributed by atoms with Gasteiger partial charge in [0, 0.05) is 31.0 Å². The lowest BCUT2D eigenvalue weighted by atomic mass is 10.2. The molecule has 4 rings (SSSR count). The number of hydrogen-bond acceptors (Lipinski definition) is 5. The summed E-state index contributed by atoms with van der Waals surface area (Å²) >= 11 is 0. The first-order valence-corrected chi connectivity index (χ1v) is 9.13. The van der Waals surface area contributed by atoms with Crippen molar-refractivity contribution in [1.29, 1.82) is 0 Å². The van der Waals surface area contributed by atoms with Crippen LogP contribution in [0.2, 0.25) is 0 Å². The summed E-state index contributed by atoms with van der Waals surface area (Å²) in [5.74, 6) is 1.53. The van der Waals surface area contributed by atoms with Crippen molar-refractivity contribution in [2.24, 2.45) is 0 Å². The van der Waals surface area contributed by atoms with Crippen LogP contribution in [-0.2, 0) is 6.42 Å². The molecule has 1 aliphatic heterocycles. The lowest BCUT2D eigenvalue weighted by Gasteiger charge is -2.19. The fourth-order valence-electron chi connectivity index (χ4n) is 3.53. The molecule has 0 fully saturated rings. The Bertz CT molecular complexity index is 901. The van der Waals surface area contributed by atoms with Crippen molar-refractivity contribution in [3.63, 3.8) is 0 Å². The Kier molecular flexibility index (Phi) is 4.56. The first-order valence-electron chi connectivity index (χ1n) is 9.13. The number of nitrogens with zero attached hydrogens (tertiary/aromatic N) is 5. The number of hydrogen-bond donors (Lipinski definition) is 1. The highest BCUT2D eigenvalue weighted by molar-refractivity contribution is 5.57. The molecule has 0 atom stereocenters. The molecule has 26 heavy (non-hydrogen) atoms. The monoisotopic (exact) mass is 348 g/mol. The number of aryl methyl sites for hydroxylation is 2. The average molecular weight is 348 g/mol. The van der Waals surface area contributed by atoms with E-state index in [4.69, 9.17) is 0 Å². The van der Waals surface area contributed by atoms with Gasteiger partial charge in [-0.25, -0.2) is 9.67 Å². The second-order valence-corrected chi connectivity index (χ2v) is 6.75. The summed E-state index contributed by atoms with van der Waals surface area (Å²) in [5, 5.41) is 7.86. The molecule has 3 aromatic rings. The Morgan fingerprint density at radius 2 is 2.04 bits per heavy atom. The van der Waals surface area contributed by atoms with E-state index < -0.39 is 0 Å². The maximum Gasteiger partial charge on any atom is 0.174 e. The summed E-state index contributed by atoms with van der Waals surface area (Å²) in [7, 11) is 0. The number of aromatic nitrogens is 4. The SMILES string of the molecule is Cc1cc(C)n(-c2cncc(NCCCN3CCc4ccccc43)n2)n1. The second-order valence-electron chi connectivity index (χ2n) is 6.75. The molecule has 6 heteroatoms. The van der Waals surface area contributed by atoms with E-state index in [0.717, 1.165) is 55.5 Å². The van der Waals surface area contributed by atoms with Crippen molar-refractivity contribution >= 4 is 11.5 Å². The lowest BCUT2D eigenvalue weighted by Crippen LogP contribution is -2.23. The third kappa shape index (κ3) is 3.40. The summed E-state index contributed by atoms with van der Waals surface area (Å²) in [5.41, 5.74) is 4.89. The predicted molar refractivity (Wildman–Crippen MR) is 104 cm³/mol. The van der Waals surface area contributed by atoms with Crippen LogP contribution in [0.4, 0.5) is 11.5 Å². The van der Waals surface area contributed by atoms with Crippen LogP contribution in [0.3, 0.4) is 0 Å². The van der Waals surface area contributed by atoms with Crippen LogP contribution >= 0.6 is 0 Å². The molecule has 0 radical (unpaired) electrons. The molecule has 0 spiro atoms. The van der Waals surface area contributed by atoms with E-state index in [1.165, 1.54) is 11.3 Å². The van der Waals surface area contributed by atoms with Gasteiger partial charge >= 0.3 is 0 Å². The Balaban J connectivity index is 1.33. The van der Waals surface area contributed by atoms with E-state index in [9.17, 15) is 0 Å². The number of nitrogens with one attached hydrogen (secondary N) is 1. The topological polar surface area (TPSA) is 58.9 Å². The van der Waals surface area contributed by atoms with Gasteiger partial charge in [-0.05, 0) is 44.4 Å². The molecule has 0 saturated heterocycles. The van der Waals surface area contributed by atoms with Crippen LogP contribution in [0, 0.1) is 13.8 Å². The van der Waals surface area contributed by atoms with E-state index in [1.807, 2.05) is 24.6 Å². The Labute approximate surface area is 153 Å². The van der Waals surface area contributed by atoms with Crippen LogP contribution in [0.25, 0.3) is 5.82 Å². The van der Waals surface area contributed by atoms with Crippen molar-refractivity contribution in [3.05, 3.63) is 59.7 Å².